The molecule has 0 spiro atoms. The first-order chi connectivity index (χ1) is 14.8. The van der Waals surface area contributed by atoms with Crippen LogP contribution in [0.5, 0.6) is 5.75 Å². The van der Waals surface area contributed by atoms with Crippen molar-refractivity contribution in [3.05, 3.63) is 64.7 Å². The van der Waals surface area contributed by atoms with E-state index in [0.29, 0.717) is 5.75 Å². The van der Waals surface area contributed by atoms with E-state index >= 15 is 0 Å². The second kappa shape index (κ2) is 8.93. The van der Waals surface area contributed by atoms with Crippen LogP contribution in [0.2, 0.25) is 0 Å². The molecule has 2 aromatic carbocycles. The Hall–Kier alpha value is -2.51. The van der Waals surface area contributed by atoms with E-state index < -0.39 is 18.4 Å². The fourth-order valence-corrected chi connectivity index (χ4v) is 4.00. The summed E-state index contributed by atoms with van der Waals surface area (Å²) in [5.74, 6) is -2.90. The summed E-state index contributed by atoms with van der Waals surface area (Å²) in [7, 11) is 0. The van der Waals surface area contributed by atoms with Gasteiger partial charge < -0.3 is 15.2 Å². The molecule has 5 nitrogen and oxygen atoms in total. The first-order valence-corrected chi connectivity index (χ1v) is 10.7. The third-order valence-electron chi connectivity index (χ3n) is 6.08. The van der Waals surface area contributed by atoms with Crippen molar-refractivity contribution >= 4 is 5.91 Å². The summed E-state index contributed by atoms with van der Waals surface area (Å²) in [5.41, 5.74) is 4.65. The van der Waals surface area contributed by atoms with Crippen molar-refractivity contribution in [2.24, 2.45) is 5.92 Å². The van der Waals surface area contributed by atoms with E-state index in [0.717, 1.165) is 31.6 Å². The van der Waals surface area contributed by atoms with Crippen LogP contribution >= 0.6 is 0 Å². The minimum atomic E-state index is -2.54. The highest BCUT2D eigenvalue weighted by molar-refractivity contribution is 5.77. The third-order valence-corrected chi connectivity index (χ3v) is 6.08. The normalized spacial score (nSPS) is 20.6. The van der Waals surface area contributed by atoms with E-state index in [2.05, 4.69) is 22.3 Å². The number of carbonyl (C=O) groups is 1. The smallest absolute Gasteiger partial charge is 0.255 e. The standard InChI is InChI=1S/C24H28F2N2O3/c1-16(27-23(30)14-29)18-4-2-17(3-5-18)12-28-9-8-19-10-22(7-6-20(19)13-28)31-15-21-11-24(21,25)26/h2-7,10,16,21,29H,8-9,11-15H2,1H3,(H,27,30)/t16-,21-/m0/s1. The molecular weight excluding hydrogens is 402 g/mol. The molecule has 1 aliphatic carbocycles. The Kier molecular flexibility index (Phi) is 6.25. The van der Waals surface area contributed by atoms with Crippen molar-refractivity contribution in [1.29, 1.82) is 0 Å². The van der Waals surface area contributed by atoms with Gasteiger partial charge in [-0.1, -0.05) is 30.3 Å². The van der Waals surface area contributed by atoms with Crippen LogP contribution in [0.3, 0.4) is 0 Å². The number of nitrogens with zero attached hydrogens (tertiary/aromatic N) is 1. The Morgan fingerprint density at radius 3 is 2.68 bits per heavy atom. The largest absolute Gasteiger partial charge is 0.493 e. The molecule has 2 N–H and O–H groups in total. The van der Waals surface area contributed by atoms with E-state index in [1.54, 1.807) is 0 Å². The third kappa shape index (κ3) is 5.40. The number of fused-ring (bicyclic) bond motifs is 1. The number of alkyl halides is 2. The highest BCUT2D eigenvalue weighted by Crippen LogP contribution is 2.48. The molecule has 1 heterocycles. The van der Waals surface area contributed by atoms with Gasteiger partial charge in [0, 0.05) is 26.1 Å². The summed E-state index contributed by atoms with van der Waals surface area (Å²) in [6.45, 7) is 4.03. The van der Waals surface area contributed by atoms with Crippen LogP contribution in [-0.2, 0) is 24.3 Å². The lowest BCUT2D eigenvalue weighted by molar-refractivity contribution is -0.124. The number of nitrogens with one attached hydrogen (secondary N) is 1. The minimum Gasteiger partial charge on any atom is -0.493 e. The van der Waals surface area contributed by atoms with Gasteiger partial charge in [0.2, 0.25) is 5.91 Å². The molecule has 0 radical (unpaired) electrons. The second-order valence-electron chi connectivity index (χ2n) is 8.55. The molecule has 1 fully saturated rings. The number of hydrogen-bond acceptors (Lipinski definition) is 4. The van der Waals surface area contributed by atoms with Crippen LogP contribution in [0, 0.1) is 5.92 Å². The summed E-state index contributed by atoms with van der Waals surface area (Å²) in [5, 5.41) is 11.6. The van der Waals surface area contributed by atoms with Crippen LogP contribution in [-0.4, -0.2) is 41.6 Å². The van der Waals surface area contributed by atoms with Crippen LogP contribution in [0.15, 0.2) is 42.5 Å². The molecule has 2 aromatic rings. The van der Waals surface area contributed by atoms with Crippen molar-refractivity contribution in [3.8, 4) is 5.75 Å². The van der Waals surface area contributed by atoms with Crippen LogP contribution < -0.4 is 10.1 Å². The van der Waals surface area contributed by atoms with Gasteiger partial charge in [-0.3, -0.25) is 9.69 Å². The number of rotatable bonds is 8. The van der Waals surface area contributed by atoms with Crippen molar-refractivity contribution in [2.45, 2.75) is 44.8 Å². The van der Waals surface area contributed by atoms with Crippen LogP contribution in [0.4, 0.5) is 8.78 Å². The van der Waals surface area contributed by atoms with E-state index in [1.807, 2.05) is 37.3 Å². The van der Waals surface area contributed by atoms with Gasteiger partial charge in [0.15, 0.2) is 0 Å². The first kappa shape index (κ1) is 21.7. The Balaban J connectivity index is 1.30. The van der Waals surface area contributed by atoms with Gasteiger partial charge in [0.1, 0.15) is 12.4 Å². The van der Waals surface area contributed by atoms with Crippen molar-refractivity contribution in [1.82, 2.24) is 10.2 Å². The lowest BCUT2D eigenvalue weighted by atomic mass is 9.98. The van der Waals surface area contributed by atoms with Gasteiger partial charge in [-0.05, 0) is 47.7 Å². The number of carbonyl (C=O) groups excluding carboxylic acids is 1. The van der Waals surface area contributed by atoms with E-state index in [1.165, 1.54) is 16.7 Å². The summed E-state index contributed by atoms with van der Waals surface area (Å²) in [4.78, 5) is 13.7. The molecular formula is C24H28F2N2O3. The number of ether oxygens (including phenoxy) is 1. The van der Waals surface area contributed by atoms with Gasteiger partial charge in [0.05, 0.1) is 18.6 Å². The molecule has 0 unspecified atom stereocenters. The predicted octanol–water partition coefficient (Wildman–Crippen LogP) is 3.45. The van der Waals surface area contributed by atoms with Crippen LogP contribution in [0.25, 0.3) is 0 Å². The maximum atomic E-state index is 13.0. The Morgan fingerprint density at radius 2 is 2.00 bits per heavy atom. The summed E-state index contributed by atoms with van der Waals surface area (Å²) < 4.78 is 31.6. The average Bonchev–Trinajstić information content (AvgIpc) is 3.38. The SMILES string of the molecule is C[C@H](NC(=O)CO)c1ccc(CN2CCc3cc(OC[C@@H]4CC4(F)F)ccc3C2)cc1. The zero-order chi connectivity index (χ0) is 22.0. The van der Waals surface area contributed by atoms with E-state index in [-0.39, 0.29) is 25.0 Å². The maximum Gasteiger partial charge on any atom is 0.255 e. The number of halogens is 2. The van der Waals surface area contributed by atoms with Gasteiger partial charge in [0.25, 0.3) is 5.92 Å². The molecule has 31 heavy (non-hydrogen) atoms. The highest BCUT2D eigenvalue weighted by atomic mass is 19.3. The minimum absolute atomic E-state index is 0.0654. The van der Waals surface area contributed by atoms with Gasteiger partial charge in [-0.25, -0.2) is 8.78 Å². The van der Waals surface area contributed by atoms with Crippen molar-refractivity contribution in [2.75, 3.05) is 19.8 Å². The zero-order valence-corrected chi connectivity index (χ0v) is 17.6. The molecule has 166 valence electrons. The number of amides is 1. The molecule has 1 saturated carbocycles. The Labute approximate surface area is 181 Å². The maximum absolute atomic E-state index is 13.0. The van der Waals surface area contributed by atoms with Crippen molar-refractivity contribution < 1.29 is 23.4 Å². The summed E-state index contributed by atoms with van der Waals surface area (Å²) >= 11 is 0. The first-order valence-electron chi connectivity index (χ1n) is 10.7. The quantitative estimate of drug-likeness (QED) is 0.674. The summed E-state index contributed by atoms with van der Waals surface area (Å²) in [6, 6.07) is 13.9. The number of aliphatic hydroxyl groups is 1. The molecule has 0 saturated heterocycles. The molecule has 2 aliphatic rings. The fraction of sp³-hybridized carbons (Fsp3) is 0.458. The Bertz CT molecular complexity index is 933. The van der Waals surface area contributed by atoms with Crippen LogP contribution in [0.1, 0.15) is 41.6 Å². The molecule has 4 rings (SSSR count). The molecule has 1 aliphatic heterocycles. The van der Waals surface area contributed by atoms with E-state index in [4.69, 9.17) is 9.84 Å². The zero-order valence-electron chi connectivity index (χ0n) is 17.6. The predicted molar refractivity (Wildman–Crippen MR) is 113 cm³/mol. The van der Waals surface area contributed by atoms with Gasteiger partial charge in [-0.2, -0.15) is 0 Å². The number of benzene rings is 2. The molecule has 0 bridgehead atoms. The van der Waals surface area contributed by atoms with Gasteiger partial charge in [-0.15, -0.1) is 0 Å². The van der Waals surface area contributed by atoms with E-state index in [9.17, 15) is 13.6 Å². The molecule has 1 amide bonds. The fourth-order valence-electron chi connectivity index (χ4n) is 4.00. The number of hydrogen-bond donors (Lipinski definition) is 2. The summed E-state index contributed by atoms with van der Waals surface area (Å²) in [6.07, 6.45) is 0.832. The highest BCUT2D eigenvalue weighted by Gasteiger charge is 2.57. The molecule has 2 atom stereocenters. The lowest BCUT2D eigenvalue weighted by Gasteiger charge is -2.29. The number of aliphatic hydroxyl groups excluding tert-OH is 1. The topological polar surface area (TPSA) is 61.8 Å². The Morgan fingerprint density at radius 1 is 1.26 bits per heavy atom. The average molecular weight is 430 g/mol. The second-order valence-corrected chi connectivity index (χ2v) is 8.55. The molecule has 0 aromatic heterocycles. The lowest BCUT2D eigenvalue weighted by Crippen LogP contribution is -2.30. The van der Waals surface area contributed by atoms with Crippen molar-refractivity contribution in [3.63, 3.8) is 0 Å². The van der Waals surface area contributed by atoms with Gasteiger partial charge >= 0.3 is 0 Å². The molecule has 7 heteroatoms. The monoisotopic (exact) mass is 430 g/mol.